The first kappa shape index (κ1) is 13.6. The third kappa shape index (κ3) is 3.58. The Hall–Kier alpha value is -1.81. The number of aryl methyl sites for hydroxylation is 1. The molecular formula is C15H16O3S. The molecule has 0 N–H and O–H groups in total. The standard InChI is InChI=1S/C15H16O3S/c1-12-7-9-13(10-8-12)11-18-14-5-3-4-6-15(14)19(2,16)17/h3-10H,11H2,1-2H3. The van der Waals surface area contributed by atoms with Gasteiger partial charge in [0.15, 0.2) is 9.84 Å². The molecule has 0 amide bonds. The molecule has 0 saturated heterocycles. The number of rotatable bonds is 4. The van der Waals surface area contributed by atoms with Crippen LogP contribution in [0.1, 0.15) is 11.1 Å². The summed E-state index contributed by atoms with van der Waals surface area (Å²) in [4.78, 5) is 0.224. The average molecular weight is 276 g/mol. The van der Waals surface area contributed by atoms with Crippen molar-refractivity contribution in [3.8, 4) is 5.75 Å². The minimum absolute atomic E-state index is 0.224. The molecule has 0 spiro atoms. The van der Waals surface area contributed by atoms with Crippen molar-refractivity contribution >= 4 is 9.84 Å². The summed E-state index contributed by atoms with van der Waals surface area (Å²) in [5.74, 6) is 0.394. The zero-order valence-electron chi connectivity index (χ0n) is 11.0. The smallest absolute Gasteiger partial charge is 0.179 e. The van der Waals surface area contributed by atoms with Gasteiger partial charge in [-0.3, -0.25) is 0 Å². The lowest BCUT2D eigenvalue weighted by molar-refractivity contribution is 0.298. The highest BCUT2D eigenvalue weighted by Gasteiger charge is 2.13. The van der Waals surface area contributed by atoms with E-state index >= 15 is 0 Å². The number of sulfone groups is 1. The topological polar surface area (TPSA) is 43.4 Å². The zero-order chi connectivity index (χ0) is 13.9. The van der Waals surface area contributed by atoms with Gasteiger partial charge in [-0.05, 0) is 24.6 Å². The fraction of sp³-hybridized carbons (Fsp3) is 0.200. The molecule has 3 nitrogen and oxygen atoms in total. The van der Waals surface area contributed by atoms with Crippen LogP contribution in [-0.2, 0) is 16.4 Å². The second-order valence-corrected chi connectivity index (χ2v) is 6.48. The van der Waals surface area contributed by atoms with E-state index in [0.29, 0.717) is 12.4 Å². The molecule has 2 aromatic rings. The third-order valence-corrected chi connectivity index (χ3v) is 3.90. The Morgan fingerprint density at radius 3 is 2.26 bits per heavy atom. The molecular weight excluding hydrogens is 260 g/mol. The molecule has 4 heteroatoms. The number of ether oxygens (including phenoxy) is 1. The molecule has 0 aliphatic rings. The molecule has 0 aliphatic heterocycles. The summed E-state index contributed by atoms with van der Waals surface area (Å²) in [5.41, 5.74) is 2.19. The van der Waals surface area contributed by atoms with Gasteiger partial charge in [-0.2, -0.15) is 0 Å². The predicted octanol–water partition coefficient (Wildman–Crippen LogP) is 2.98. The first-order chi connectivity index (χ1) is 8.97. The molecule has 2 aromatic carbocycles. The Bertz CT molecular complexity index is 658. The Balaban J connectivity index is 2.18. The Morgan fingerprint density at radius 1 is 1.00 bits per heavy atom. The van der Waals surface area contributed by atoms with Crippen LogP contribution in [0.5, 0.6) is 5.75 Å². The van der Waals surface area contributed by atoms with Crippen LogP contribution in [0, 0.1) is 6.92 Å². The second kappa shape index (κ2) is 5.45. The molecule has 0 atom stereocenters. The van der Waals surface area contributed by atoms with Crippen LogP contribution in [-0.4, -0.2) is 14.7 Å². The molecule has 100 valence electrons. The summed E-state index contributed by atoms with van der Waals surface area (Å²) >= 11 is 0. The lowest BCUT2D eigenvalue weighted by Crippen LogP contribution is -2.03. The molecule has 19 heavy (non-hydrogen) atoms. The number of hydrogen-bond donors (Lipinski definition) is 0. The van der Waals surface area contributed by atoms with Crippen LogP contribution >= 0.6 is 0 Å². The quantitative estimate of drug-likeness (QED) is 0.862. The van der Waals surface area contributed by atoms with Crippen LogP contribution in [0.25, 0.3) is 0 Å². The normalized spacial score (nSPS) is 11.3. The fourth-order valence-electron chi connectivity index (χ4n) is 1.72. The first-order valence-electron chi connectivity index (χ1n) is 5.94. The van der Waals surface area contributed by atoms with E-state index in [1.54, 1.807) is 24.3 Å². The van der Waals surface area contributed by atoms with E-state index in [0.717, 1.165) is 5.56 Å². The molecule has 2 rings (SSSR count). The number of para-hydroxylation sites is 1. The van der Waals surface area contributed by atoms with Gasteiger partial charge in [0.05, 0.1) is 0 Å². The summed E-state index contributed by atoms with van der Waals surface area (Å²) in [6, 6.07) is 14.6. The van der Waals surface area contributed by atoms with Gasteiger partial charge in [0.1, 0.15) is 17.3 Å². The van der Waals surface area contributed by atoms with Gasteiger partial charge >= 0.3 is 0 Å². The molecule has 0 aromatic heterocycles. The van der Waals surface area contributed by atoms with E-state index in [4.69, 9.17) is 4.74 Å². The van der Waals surface area contributed by atoms with E-state index < -0.39 is 9.84 Å². The van der Waals surface area contributed by atoms with E-state index in [9.17, 15) is 8.42 Å². The van der Waals surface area contributed by atoms with Gasteiger partial charge in [0.2, 0.25) is 0 Å². The van der Waals surface area contributed by atoms with E-state index in [1.807, 2.05) is 31.2 Å². The minimum Gasteiger partial charge on any atom is -0.488 e. The summed E-state index contributed by atoms with van der Waals surface area (Å²) in [6.07, 6.45) is 1.18. The highest BCUT2D eigenvalue weighted by atomic mass is 32.2. The molecule has 0 saturated carbocycles. The van der Waals surface area contributed by atoms with Crippen LogP contribution in [0.3, 0.4) is 0 Å². The predicted molar refractivity (Wildman–Crippen MR) is 75.1 cm³/mol. The van der Waals surface area contributed by atoms with Crippen molar-refractivity contribution in [3.63, 3.8) is 0 Å². The SMILES string of the molecule is Cc1ccc(COc2ccccc2S(C)(=O)=O)cc1. The van der Waals surface area contributed by atoms with Crippen molar-refractivity contribution in [2.45, 2.75) is 18.4 Å². The minimum atomic E-state index is -3.27. The zero-order valence-corrected chi connectivity index (χ0v) is 11.8. The van der Waals surface area contributed by atoms with Crippen molar-refractivity contribution in [1.82, 2.24) is 0 Å². The monoisotopic (exact) mass is 276 g/mol. The maximum Gasteiger partial charge on any atom is 0.179 e. The van der Waals surface area contributed by atoms with Crippen molar-refractivity contribution in [2.75, 3.05) is 6.26 Å². The molecule has 0 aliphatic carbocycles. The van der Waals surface area contributed by atoms with Crippen molar-refractivity contribution in [3.05, 3.63) is 59.7 Å². The van der Waals surface area contributed by atoms with Gasteiger partial charge in [-0.25, -0.2) is 8.42 Å². The molecule has 0 bridgehead atoms. The lowest BCUT2D eigenvalue weighted by atomic mass is 10.2. The van der Waals surface area contributed by atoms with Crippen LogP contribution in [0.4, 0.5) is 0 Å². The summed E-state index contributed by atoms with van der Waals surface area (Å²) in [5, 5.41) is 0. The van der Waals surface area contributed by atoms with E-state index in [1.165, 1.54) is 11.8 Å². The van der Waals surface area contributed by atoms with Crippen molar-refractivity contribution in [1.29, 1.82) is 0 Å². The number of benzene rings is 2. The number of hydrogen-bond acceptors (Lipinski definition) is 3. The van der Waals surface area contributed by atoms with Gasteiger partial charge < -0.3 is 4.74 Å². The largest absolute Gasteiger partial charge is 0.488 e. The van der Waals surface area contributed by atoms with Crippen molar-refractivity contribution in [2.24, 2.45) is 0 Å². The molecule has 0 heterocycles. The van der Waals surface area contributed by atoms with Gasteiger partial charge in [-0.1, -0.05) is 42.0 Å². The Kier molecular flexibility index (Phi) is 3.90. The van der Waals surface area contributed by atoms with Gasteiger partial charge in [0.25, 0.3) is 0 Å². The average Bonchev–Trinajstić information content (AvgIpc) is 2.37. The first-order valence-corrected chi connectivity index (χ1v) is 7.83. The van der Waals surface area contributed by atoms with Crippen molar-refractivity contribution < 1.29 is 13.2 Å². The molecule has 0 fully saturated rings. The third-order valence-electron chi connectivity index (χ3n) is 2.76. The maximum atomic E-state index is 11.6. The summed E-state index contributed by atoms with van der Waals surface area (Å²) < 4.78 is 28.9. The van der Waals surface area contributed by atoms with E-state index in [-0.39, 0.29) is 4.90 Å². The van der Waals surface area contributed by atoms with Crippen LogP contribution < -0.4 is 4.74 Å². The van der Waals surface area contributed by atoms with E-state index in [2.05, 4.69) is 0 Å². The maximum absolute atomic E-state index is 11.6. The fourth-order valence-corrected chi connectivity index (χ4v) is 2.54. The summed E-state index contributed by atoms with van der Waals surface area (Å²) in [6.45, 7) is 2.37. The van der Waals surface area contributed by atoms with Crippen LogP contribution in [0.2, 0.25) is 0 Å². The Morgan fingerprint density at radius 2 is 1.63 bits per heavy atom. The lowest BCUT2D eigenvalue weighted by Gasteiger charge is -2.10. The molecule has 0 unspecified atom stereocenters. The highest BCUT2D eigenvalue weighted by molar-refractivity contribution is 7.90. The van der Waals surface area contributed by atoms with Gasteiger partial charge in [0, 0.05) is 6.26 Å². The van der Waals surface area contributed by atoms with Crippen LogP contribution in [0.15, 0.2) is 53.4 Å². The summed E-state index contributed by atoms with van der Waals surface area (Å²) in [7, 11) is -3.27. The second-order valence-electron chi connectivity index (χ2n) is 4.49. The Labute approximate surface area is 113 Å². The molecule has 0 radical (unpaired) electrons. The van der Waals surface area contributed by atoms with Gasteiger partial charge in [-0.15, -0.1) is 0 Å². The highest BCUT2D eigenvalue weighted by Crippen LogP contribution is 2.24.